The Labute approximate surface area is 93.1 Å². The average Bonchev–Trinajstić information content (AvgIpc) is 2.60. The number of benzene rings is 1. The van der Waals surface area contributed by atoms with E-state index >= 15 is 0 Å². The predicted octanol–water partition coefficient (Wildman–Crippen LogP) is 1.66. The van der Waals surface area contributed by atoms with Gasteiger partial charge < -0.3 is 10.6 Å². The van der Waals surface area contributed by atoms with Crippen LogP contribution in [0.5, 0.6) is 0 Å². The highest BCUT2D eigenvalue weighted by Gasteiger charge is 2.08. The van der Waals surface area contributed by atoms with E-state index < -0.39 is 0 Å². The zero-order valence-electron chi connectivity index (χ0n) is 9.18. The predicted molar refractivity (Wildman–Crippen MR) is 62.3 cm³/mol. The van der Waals surface area contributed by atoms with Gasteiger partial charge in [0.05, 0.1) is 5.69 Å². The molecule has 84 valence electrons. The van der Waals surface area contributed by atoms with Gasteiger partial charge in [-0.25, -0.2) is 9.07 Å². The molecule has 0 saturated carbocycles. The monoisotopic (exact) mass is 220 g/mol. The number of hydrogen-bond donors (Lipinski definition) is 1. The summed E-state index contributed by atoms with van der Waals surface area (Å²) in [5, 5.41) is 4.27. The summed E-state index contributed by atoms with van der Waals surface area (Å²) in [6.45, 7) is 0. The molecule has 2 N–H and O–H groups in total. The van der Waals surface area contributed by atoms with Gasteiger partial charge in [-0.2, -0.15) is 0 Å². The number of hydrogen-bond acceptors (Lipinski definition) is 3. The van der Waals surface area contributed by atoms with Crippen LogP contribution in [0.1, 0.15) is 0 Å². The Morgan fingerprint density at radius 3 is 2.62 bits per heavy atom. The second-order valence-corrected chi connectivity index (χ2v) is 3.71. The van der Waals surface area contributed by atoms with Crippen molar-refractivity contribution in [2.75, 3.05) is 24.7 Å². The minimum absolute atomic E-state index is 0.307. The van der Waals surface area contributed by atoms with Crippen LogP contribution < -0.4 is 10.6 Å². The van der Waals surface area contributed by atoms with Gasteiger partial charge in [-0.15, -0.1) is 5.10 Å². The normalized spacial score (nSPS) is 10.4. The fraction of sp³-hybridized carbons (Fsp3) is 0.182. The van der Waals surface area contributed by atoms with Gasteiger partial charge in [0.25, 0.3) is 0 Å². The minimum atomic E-state index is -0.307. The lowest BCUT2D eigenvalue weighted by Crippen LogP contribution is -2.10. The summed E-state index contributed by atoms with van der Waals surface area (Å²) in [7, 11) is 3.75. The highest BCUT2D eigenvalue weighted by atomic mass is 19.1. The number of nitrogens with two attached hydrogens (primary N) is 1. The molecule has 5 heteroatoms. The van der Waals surface area contributed by atoms with Gasteiger partial charge in [-0.05, 0) is 18.2 Å². The summed E-state index contributed by atoms with van der Waals surface area (Å²) in [6.07, 6.45) is 0. The number of nitrogens with zero attached hydrogens (tertiary/aromatic N) is 3. The van der Waals surface area contributed by atoms with Gasteiger partial charge in [-0.1, -0.05) is 6.07 Å². The molecule has 1 aromatic heterocycles. The highest BCUT2D eigenvalue weighted by Crippen LogP contribution is 2.19. The zero-order chi connectivity index (χ0) is 11.7. The summed E-state index contributed by atoms with van der Waals surface area (Å²) < 4.78 is 14.6. The number of aromatic nitrogens is 2. The smallest absolute Gasteiger partial charge is 0.152 e. The van der Waals surface area contributed by atoms with Crippen LogP contribution in [0.15, 0.2) is 30.3 Å². The molecule has 0 aliphatic carbocycles. The first kappa shape index (κ1) is 10.5. The summed E-state index contributed by atoms with van der Waals surface area (Å²) >= 11 is 0. The molecule has 0 spiro atoms. The molecule has 1 aromatic carbocycles. The Balaban J connectivity index is 2.48. The van der Waals surface area contributed by atoms with Crippen molar-refractivity contribution in [3.8, 4) is 5.69 Å². The molecule has 0 fully saturated rings. The van der Waals surface area contributed by atoms with Crippen molar-refractivity contribution in [3.05, 3.63) is 36.1 Å². The van der Waals surface area contributed by atoms with Crippen molar-refractivity contribution >= 4 is 11.6 Å². The van der Waals surface area contributed by atoms with Gasteiger partial charge in [0.2, 0.25) is 0 Å². The molecule has 0 aliphatic rings. The lowest BCUT2D eigenvalue weighted by atomic mass is 10.3. The molecular weight excluding hydrogens is 207 g/mol. The molecule has 0 saturated heterocycles. The van der Waals surface area contributed by atoms with Crippen molar-refractivity contribution in [1.82, 2.24) is 9.78 Å². The summed E-state index contributed by atoms with van der Waals surface area (Å²) in [6, 6.07) is 7.90. The molecule has 1 heterocycles. The highest BCUT2D eigenvalue weighted by molar-refractivity contribution is 5.51. The second kappa shape index (κ2) is 3.84. The number of halogens is 1. The third-order valence-corrected chi connectivity index (χ3v) is 2.23. The van der Waals surface area contributed by atoms with Crippen LogP contribution in [-0.4, -0.2) is 23.9 Å². The first-order chi connectivity index (χ1) is 7.58. The lowest BCUT2D eigenvalue weighted by molar-refractivity contribution is 0.625. The van der Waals surface area contributed by atoms with Crippen molar-refractivity contribution in [3.63, 3.8) is 0 Å². The lowest BCUT2D eigenvalue weighted by Gasteiger charge is -2.07. The Kier molecular flexibility index (Phi) is 2.52. The Morgan fingerprint density at radius 1 is 1.31 bits per heavy atom. The molecule has 2 rings (SSSR count). The van der Waals surface area contributed by atoms with Crippen molar-refractivity contribution in [1.29, 1.82) is 0 Å². The van der Waals surface area contributed by atoms with E-state index in [0.29, 0.717) is 11.5 Å². The van der Waals surface area contributed by atoms with E-state index in [4.69, 9.17) is 5.73 Å². The van der Waals surface area contributed by atoms with Gasteiger partial charge in [-0.3, -0.25) is 0 Å². The van der Waals surface area contributed by atoms with Gasteiger partial charge in [0, 0.05) is 20.2 Å². The maximum atomic E-state index is 13.1. The van der Waals surface area contributed by atoms with Crippen molar-refractivity contribution in [2.24, 2.45) is 0 Å². The number of anilines is 2. The number of rotatable bonds is 2. The van der Waals surface area contributed by atoms with E-state index in [2.05, 4.69) is 5.10 Å². The van der Waals surface area contributed by atoms with Gasteiger partial charge in [0.15, 0.2) is 5.82 Å². The third-order valence-electron chi connectivity index (χ3n) is 2.23. The molecule has 0 aliphatic heterocycles. The Morgan fingerprint density at radius 2 is 2.06 bits per heavy atom. The third kappa shape index (κ3) is 1.84. The van der Waals surface area contributed by atoms with E-state index in [1.165, 1.54) is 16.8 Å². The van der Waals surface area contributed by atoms with Crippen molar-refractivity contribution in [2.45, 2.75) is 0 Å². The van der Waals surface area contributed by atoms with Crippen LogP contribution in [0.2, 0.25) is 0 Å². The molecule has 4 nitrogen and oxygen atoms in total. The molecule has 0 bridgehead atoms. The molecule has 0 amide bonds. The SMILES string of the molecule is CN(C)c1cc(N)n(-c2cccc(F)c2)n1. The van der Waals surface area contributed by atoms with Crippen LogP contribution in [0, 0.1) is 5.82 Å². The molecule has 0 radical (unpaired) electrons. The zero-order valence-corrected chi connectivity index (χ0v) is 9.18. The second-order valence-electron chi connectivity index (χ2n) is 3.71. The van der Waals surface area contributed by atoms with Crippen molar-refractivity contribution < 1.29 is 4.39 Å². The quantitative estimate of drug-likeness (QED) is 0.837. The van der Waals surface area contributed by atoms with Gasteiger partial charge >= 0.3 is 0 Å². The first-order valence-electron chi connectivity index (χ1n) is 4.87. The summed E-state index contributed by atoms with van der Waals surface area (Å²) in [5.74, 6) is 0.912. The van der Waals surface area contributed by atoms with E-state index in [1.54, 1.807) is 18.2 Å². The summed E-state index contributed by atoms with van der Waals surface area (Å²) in [4.78, 5) is 1.84. The van der Waals surface area contributed by atoms with E-state index in [9.17, 15) is 4.39 Å². The standard InChI is InChI=1S/C11H13FN4/c1-15(2)11-7-10(13)16(14-11)9-5-3-4-8(12)6-9/h3-7H,13H2,1-2H3. The number of nitrogen functional groups attached to an aromatic ring is 1. The Bertz CT molecular complexity index is 504. The molecule has 16 heavy (non-hydrogen) atoms. The fourth-order valence-electron chi connectivity index (χ4n) is 1.42. The van der Waals surface area contributed by atoms with E-state index in [-0.39, 0.29) is 5.82 Å². The van der Waals surface area contributed by atoms with Crippen LogP contribution in [0.3, 0.4) is 0 Å². The fourth-order valence-corrected chi connectivity index (χ4v) is 1.42. The van der Waals surface area contributed by atoms with Crippen LogP contribution >= 0.6 is 0 Å². The minimum Gasteiger partial charge on any atom is -0.384 e. The van der Waals surface area contributed by atoms with Gasteiger partial charge in [0.1, 0.15) is 11.6 Å². The topological polar surface area (TPSA) is 47.1 Å². The van der Waals surface area contributed by atoms with E-state index in [1.807, 2.05) is 19.0 Å². The van der Waals surface area contributed by atoms with Crippen LogP contribution in [0.25, 0.3) is 5.69 Å². The van der Waals surface area contributed by atoms with Crippen LogP contribution in [-0.2, 0) is 0 Å². The molecule has 0 unspecified atom stereocenters. The Hall–Kier alpha value is -2.04. The first-order valence-corrected chi connectivity index (χ1v) is 4.87. The average molecular weight is 220 g/mol. The maximum absolute atomic E-state index is 13.1. The van der Waals surface area contributed by atoms with Crippen LogP contribution in [0.4, 0.5) is 16.0 Å². The van der Waals surface area contributed by atoms with E-state index in [0.717, 1.165) is 5.82 Å². The maximum Gasteiger partial charge on any atom is 0.152 e. The molecule has 2 aromatic rings. The largest absolute Gasteiger partial charge is 0.384 e. The molecule has 0 atom stereocenters. The molecular formula is C11H13FN4. The summed E-state index contributed by atoms with van der Waals surface area (Å²) in [5.41, 5.74) is 6.43.